The number of benzene rings is 2. The van der Waals surface area contributed by atoms with Crippen molar-refractivity contribution in [1.29, 1.82) is 5.26 Å². The van der Waals surface area contributed by atoms with Gasteiger partial charge < -0.3 is 10.1 Å². The summed E-state index contributed by atoms with van der Waals surface area (Å²) in [6.45, 7) is 3.11. The number of hydrogen-bond acceptors (Lipinski definition) is 3. The average molecular weight is 397 g/mol. The van der Waals surface area contributed by atoms with Gasteiger partial charge in [-0.1, -0.05) is 68.1 Å². The lowest BCUT2D eigenvalue weighted by Gasteiger charge is -2.10. The minimum absolute atomic E-state index is 0.00836. The molecule has 0 spiro atoms. The molecule has 4 nitrogen and oxygen atoms in total. The predicted molar refractivity (Wildman–Crippen MR) is 113 cm³/mol. The zero-order valence-electron chi connectivity index (χ0n) is 16.1. The maximum Gasteiger partial charge on any atom is 0.262 e. The Balaban J connectivity index is 2.08. The van der Waals surface area contributed by atoms with Crippen molar-refractivity contribution in [3.05, 3.63) is 70.3 Å². The van der Waals surface area contributed by atoms with Crippen molar-refractivity contribution < 1.29 is 9.53 Å². The first-order valence-electron chi connectivity index (χ1n) is 9.50. The number of nitrogens with zero attached hydrogens (tertiary/aromatic N) is 1. The van der Waals surface area contributed by atoms with Crippen LogP contribution in [0.2, 0.25) is 5.02 Å². The van der Waals surface area contributed by atoms with E-state index in [2.05, 4.69) is 12.2 Å². The summed E-state index contributed by atoms with van der Waals surface area (Å²) in [6, 6.07) is 16.7. The smallest absolute Gasteiger partial charge is 0.262 e. The van der Waals surface area contributed by atoms with Gasteiger partial charge in [-0.3, -0.25) is 4.79 Å². The standard InChI is InChI=1S/C23H25ClN2O2/c1-2-3-4-8-13-28-22-12-11-21(24)15-19(22)14-20(16-25)23(27)26-17-18-9-6-5-7-10-18/h5-7,9-12,14-15H,2-4,8,13,17H2,1H3,(H,26,27)/b20-14+. The summed E-state index contributed by atoms with van der Waals surface area (Å²) >= 11 is 6.10. The van der Waals surface area contributed by atoms with E-state index in [4.69, 9.17) is 16.3 Å². The molecular weight excluding hydrogens is 372 g/mol. The van der Waals surface area contributed by atoms with E-state index in [1.807, 2.05) is 36.4 Å². The van der Waals surface area contributed by atoms with E-state index in [9.17, 15) is 10.1 Å². The highest BCUT2D eigenvalue weighted by Crippen LogP contribution is 2.25. The van der Waals surface area contributed by atoms with Crippen LogP contribution < -0.4 is 10.1 Å². The molecule has 2 aromatic rings. The molecule has 1 amide bonds. The maximum absolute atomic E-state index is 12.4. The summed E-state index contributed by atoms with van der Waals surface area (Å²) in [7, 11) is 0. The lowest BCUT2D eigenvalue weighted by atomic mass is 10.1. The minimum Gasteiger partial charge on any atom is -0.493 e. The summed E-state index contributed by atoms with van der Waals surface area (Å²) < 4.78 is 5.85. The predicted octanol–water partition coefficient (Wildman–Crippen LogP) is 5.52. The first-order chi connectivity index (χ1) is 13.6. The molecule has 28 heavy (non-hydrogen) atoms. The van der Waals surface area contributed by atoms with Gasteiger partial charge in [-0.2, -0.15) is 5.26 Å². The lowest BCUT2D eigenvalue weighted by Crippen LogP contribution is -2.23. The van der Waals surface area contributed by atoms with Gasteiger partial charge in [0.1, 0.15) is 17.4 Å². The van der Waals surface area contributed by atoms with E-state index >= 15 is 0 Å². The molecule has 0 radical (unpaired) electrons. The van der Waals surface area contributed by atoms with E-state index < -0.39 is 5.91 Å². The lowest BCUT2D eigenvalue weighted by molar-refractivity contribution is -0.117. The number of rotatable bonds is 10. The largest absolute Gasteiger partial charge is 0.493 e. The Hall–Kier alpha value is -2.77. The van der Waals surface area contributed by atoms with Gasteiger partial charge in [-0.05, 0) is 36.3 Å². The number of carbonyl (C=O) groups is 1. The Morgan fingerprint density at radius 1 is 1.18 bits per heavy atom. The fraction of sp³-hybridized carbons (Fsp3) is 0.304. The molecule has 0 bridgehead atoms. The highest BCUT2D eigenvalue weighted by Gasteiger charge is 2.11. The van der Waals surface area contributed by atoms with Gasteiger partial charge in [0.15, 0.2) is 0 Å². The van der Waals surface area contributed by atoms with Crippen molar-refractivity contribution in [3.63, 3.8) is 0 Å². The molecule has 1 N–H and O–H groups in total. The Morgan fingerprint density at radius 3 is 2.68 bits per heavy atom. The van der Waals surface area contributed by atoms with Gasteiger partial charge in [-0.25, -0.2) is 0 Å². The van der Waals surface area contributed by atoms with E-state index in [0.717, 1.165) is 18.4 Å². The van der Waals surface area contributed by atoms with Crippen LogP contribution in [0.1, 0.15) is 43.7 Å². The Labute approximate surface area is 171 Å². The second-order valence-electron chi connectivity index (χ2n) is 6.43. The monoisotopic (exact) mass is 396 g/mol. The molecule has 0 saturated carbocycles. The van der Waals surface area contributed by atoms with Crippen molar-refractivity contribution in [2.45, 2.75) is 39.2 Å². The van der Waals surface area contributed by atoms with Crippen LogP contribution in [0.4, 0.5) is 0 Å². The summed E-state index contributed by atoms with van der Waals surface area (Å²) in [4.78, 5) is 12.4. The summed E-state index contributed by atoms with van der Waals surface area (Å²) in [5, 5.41) is 12.7. The number of amides is 1. The van der Waals surface area contributed by atoms with Gasteiger partial charge in [-0.15, -0.1) is 0 Å². The molecule has 146 valence electrons. The van der Waals surface area contributed by atoms with Crippen LogP contribution in [0.5, 0.6) is 5.75 Å². The Morgan fingerprint density at radius 2 is 1.96 bits per heavy atom. The molecule has 2 rings (SSSR count). The SMILES string of the molecule is CCCCCCOc1ccc(Cl)cc1/C=C(\C#N)C(=O)NCc1ccccc1. The third-order valence-corrected chi connectivity index (χ3v) is 4.42. The number of nitrogens with one attached hydrogen (secondary N) is 1. The molecule has 5 heteroatoms. The number of carbonyl (C=O) groups excluding carboxylic acids is 1. The molecule has 0 aliphatic heterocycles. The number of halogens is 1. The van der Waals surface area contributed by atoms with Gasteiger partial charge in [0.05, 0.1) is 6.61 Å². The van der Waals surface area contributed by atoms with Gasteiger partial charge in [0.25, 0.3) is 5.91 Å². The zero-order valence-corrected chi connectivity index (χ0v) is 16.8. The topological polar surface area (TPSA) is 62.1 Å². The first-order valence-corrected chi connectivity index (χ1v) is 9.88. The first kappa shape index (κ1) is 21.5. The number of hydrogen-bond donors (Lipinski definition) is 1. The van der Waals surface area contributed by atoms with E-state index in [0.29, 0.717) is 29.5 Å². The van der Waals surface area contributed by atoms with Crippen LogP contribution in [-0.4, -0.2) is 12.5 Å². The molecule has 0 heterocycles. The summed E-state index contributed by atoms with van der Waals surface area (Å²) in [5.41, 5.74) is 1.59. The van der Waals surface area contributed by atoms with Crippen molar-refractivity contribution in [1.82, 2.24) is 5.32 Å². The third-order valence-electron chi connectivity index (χ3n) is 4.19. The van der Waals surface area contributed by atoms with Crippen LogP contribution in [0.3, 0.4) is 0 Å². The van der Waals surface area contributed by atoms with Gasteiger partial charge in [0, 0.05) is 17.1 Å². The highest BCUT2D eigenvalue weighted by molar-refractivity contribution is 6.30. The zero-order chi connectivity index (χ0) is 20.2. The molecule has 0 atom stereocenters. The molecule has 0 aromatic heterocycles. The van der Waals surface area contributed by atoms with E-state index in [-0.39, 0.29) is 5.57 Å². The fourth-order valence-corrected chi connectivity index (χ4v) is 2.83. The Kier molecular flexibility index (Phi) is 9.10. The van der Waals surface area contributed by atoms with E-state index in [1.165, 1.54) is 18.9 Å². The number of nitriles is 1. The molecule has 2 aromatic carbocycles. The number of unbranched alkanes of at least 4 members (excludes halogenated alkanes) is 3. The van der Waals surface area contributed by atoms with Crippen LogP contribution >= 0.6 is 11.6 Å². The second kappa shape index (κ2) is 11.8. The van der Waals surface area contributed by atoms with Gasteiger partial charge >= 0.3 is 0 Å². The van der Waals surface area contributed by atoms with Crippen LogP contribution in [-0.2, 0) is 11.3 Å². The minimum atomic E-state index is -0.430. The quantitative estimate of drug-likeness (QED) is 0.326. The van der Waals surface area contributed by atoms with Crippen molar-refractivity contribution in [2.75, 3.05) is 6.61 Å². The molecule has 0 aliphatic carbocycles. The molecule has 0 saturated heterocycles. The van der Waals surface area contributed by atoms with E-state index in [1.54, 1.807) is 18.2 Å². The van der Waals surface area contributed by atoms with Gasteiger partial charge in [0.2, 0.25) is 0 Å². The third kappa shape index (κ3) is 7.09. The molecule has 0 aliphatic rings. The molecular formula is C23H25ClN2O2. The highest BCUT2D eigenvalue weighted by atomic mass is 35.5. The van der Waals surface area contributed by atoms with Crippen LogP contribution in [0.25, 0.3) is 6.08 Å². The van der Waals surface area contributed by atoms with Crippen molar-refractivity contribution in [2.24, 2.45) is 0 Å². The molecule has 0 unspecified atom stereocenters. The Bertz CT molecular complexity index is 841. The average Bonchev–Trinajstić information content (AvgIpc) is 2.72. The fourth-order valence-electron chi connectivity index (χ4n) is 2.65. The summed E-state index contributed by atoms with van der Waals surface area (Å²) in [6.07, 6.45) is 5.94. The second-order valence-corrected chi connectivity index (χ2v) is 6.87. The maximum atomic E-state index is 12.4. The normalized spacial score (nSPS) is 11.0. The molecule has 0 fully saturated rings. The summed E-state index contributed by atoms with van der Waals surface area (Å²) in [5.74, 6) is 0.185. The van der Waals surface area contributed by atoms with Crippen LogP contribution in [0.15, 0.2) is 54.1 Å². The number of ether oxygens (including phenoxy) is 1. The van der Waals surface area contributed by atoms with Crippen molar-refractivity contribution >= 4 is 23.6 Å². The van der Waals surface area contributed by atoms with Crippen LogP contribution in [0, 0.1) is 11.3 Å². The van der Waals surface area contributed by atoms with Crippen molar-refractivity contribution in [3.8, 4) is 11.8 Å².